The molecule has 2 aliphatic heterocycles. The minimum atomic E-state index is 0.532. The number of hydrogen-bond acceptors (Lipinski definition) is 4. The van der Waals surface area contributed by atoms with Gasteiger partial charge in [0.25, 0.3) is 0 Å². The summed E-state index contributed by atoms with van der Waals surface area (Å²) in [5.74, 6) is 2.62. The summed E-state index contributed by atoms with van der Waals surface area (Å²) in [6, 6.07) is 1.45. The molecule has 1 aromatic heterocycles. The van der Waals surface area contributed by atoms with Gasteiger partial charge in [0.05, 0.1) is 13.2 Å². The molecule has 0 unspecified atom stereocenters. The highest BCUT2D eigenvalue weighted by Crippen LogP contribution is 2.16. The summed E-state index contributed by atoms with van der Waals surface area (Å²) in [6.07, 6.45) is 5.20. The van der Waals surface area contributed by atoms with Crippen LogP contribution >= 0.6 is 0 Å². The Morgan fingerprint density at radius 1 is 0.963 bits per heavy atom. The molecule has 0 saturated carbocycles. The van der Waals surface area contributed by atoms with Crippen LogP contribution < -0.4 is 0 Å². The van der Waals surface area contributed by atoms with Crippen molar-refractivity contribution in [2.24, 2.45) is 13.0 Å². The molecule has 1 atom stereocenters. The quantitative estimate of drug-likeness (QED) is 0.793. The molecule has 3 heterocycles. The van der Waals surface area contributed by atoms with Crippen LogP contribution in [0.2, 0.25) is 0 Å². The lowest BCUT2D eigenvalue weighted by Crippen LogP contribution is -2.40. The highest BCUT2D eigenvalue weighted by Gasteiger charge is 2.19. The van der Waals surface area contributed by atoms with E-state index in [9.17, 15) is 0 Å². The number of likely N-dealkylation sites (tertiary alicyclic amines) is 1. The van der Waals surface area contributed by atoms with Crippen molar-refractivity contribution >= 4 is 0 Å². The van der Waals surface area contributed by atoms with Crippen LogP contribution in [-0.4, -0.2) is 70.8 Å². The van der Waals surface area contributed by atoms with Gasteiger partial charge in [-0.3, -0.25) is 4.90 Å². The third kappa shape index (κ3) is 9.22. The monoisotopic (exact) mass is 380 g/mol. The van der Waals surface area contributed by atoms with E-state index in [0.29, 0.717) is 12.0 Å². The average Bonchev–Trinajstić information content (AvgIpc) is 3.25. The SMILES string of the molecule is CC(C)N1CCOCC1.CC(C)N1CC[C@H](C)C1.CC(C)c1nccn1C. The first-order valence-corrected chi connectivity index (χ1v) is 10.7. The molecule has 0 aromatic carbocycles. The van der Waals surface area contributed by atoms with Gasteiger partial charge in [-0.25, -0.2) is 4.98 Å². The zero-order chi connectivity index (χ0) is 20.4. The molecule has 3 rings (SSSR count). The largest absolute Gasteiger partial charge is 0.379 e. The number of rotatable bonds is 3. The van der Waals surface area contributed by atoms with Crippen LogP contribution in [0.3, 0.4) is 0 Å². The lowest BCUT2D eigenvalue weighted by atomic mass is 10.2. The summed E-state index contributed by atoms with van der Waals surface area (Å²) in [4.78, 5) is 9.16. The fraction of sp³-hybridized carbons (Fsp3) is 0.864. The Hall–Kier alpha value is -0.910. The first-order chi connectivity index (χ1) is 12.7. The molecule has 2 saturated heterocycles. The van der Waals surface area contributed by atoms with Crippen LogP contribution in [0.25, 0.3) is 0 Å². The van der Waals surface area contributed by atoms with Gasteiger partial charge < -0.3 is 14.2 Å². The molecule has 0 radical (unpaired) electrons. The molecule has 0 aliphatic carbocycles. The molecule has 1 aromatic rings. The zero-order valence-electron chi connectivity index (χ0n) is 19.1. The number of nitrogens with zero attached hydrogens (tertiary/aromatic N) is 4. The van der Waals surface area contributed by atoms with Crippen molar-refractivity contribution in [1.82, 2.24) is 19.4 Å². The standard InChI is InChI=1S/C8H17N.C7H12N2.C7H15NO/c1-7(2)9-5-4-8(3)6-9;1-6(2)7-8-4-5-9(7)3;1-7(2)8-3-5-9-6-4-8/h7-8H,4-6H2,1-3H3;4-6H,1-3H3;7H,3-6H2,1-2H3/t8-;;/m0../s1. The van der Waals surface area contributed by atoms with E-state index in [1.165, 1.54) is 19.5 Å². The molecule has 0 bridgehead atoms. The van der Waals surface area contributed by atoms with E-state index in [4.69, 9.17) is 4.74 Å². The summed E-state index contributed by atoms with van der Waals surface area (Å²) >= 11 is 0. The first kappa shape index (κ1) is 24.1. The van der Waals surface area contributed by atoms with Crippen LogP contribution in [0.15, 0.2) is 12.4 Å². The number of hydrogen-bond donors (Lipinski definition) is 0. The van der Waals surface area contributed by atoms with Gasteiger partial charge in [-0.2, -0.15) is 0 Å². The molecule has 27 heavy (non-hydrogen) atoms. The maximum atomic E-state index is 5.21. The molecule has 158 valence electrons. The van der Waals surface area contributed by atoms with Gasteiger partial charge in [-0.05, 0) is 46.6 Å². The molecular formula is C22H44N4O. The van der Waals surface area contributed by atoms with Crippen molar-refractivity contribution in [1.29, 1.82) is 0 Å². The first-order valence-electron chi connectivity index (χ1n) is 10.7. The van der Waals surface area contributed by atoms with Crippen molar-refractivity contribution in [2.75, 3.05) is 39.4 Å². The predicted octanol–water partition coefficient (Wildman–Crippen LogP) is 4.01. The Morgan fingerprint density at radius 3 is 1.81 bits per heavy atom. The minimum Gasteiger partial charge on any atom is -0.379 e. The fourth-order valence-electron chi connectivity index (χ4n) is 3.47. The zero-order valence-corrected chi connectivity index (χ0v) is 19.1. The molecular weight excluding hydrogens is 336 g/mol. The molecule has 2 aliphatic rings. The lowest BCUT2D eigenvalue weighted by Gasteiger charge is -2.29. The van der Waals surface area contributed by atoms with Crippen molar-refractivity contribution < 1.29 is 4.74 Å². The van der Waals surface area contributed by atoms with Gasteiger partial charge in [-0.15, -0.1) is 0 Å². The fourth-order valence-corrected chi connectivity index (χ4v) is 3.47. The van der Waals surface area contributed by atoms with E-state index >= 15 is 0 Å². The molecule has 5 nitrogen and oxygen atoms in total. The van der Waals surface area contributed by atoms with Crippen LogP contribution in [0.4, 0.5) is 0 Å². The lowest BCUT2D eigenvalue weighted by molar-refractivity contribution is 0.0238. The Balaban J connectivity index is 0.000000202. The van der Waals surface area contributed by atoms with Crippen LogP contribution in [0.1, 0.15) is 66.6 Å². The minimum absolute atomic E-state index is 0.532. The van der Waals surface area contributed by atoms with E-state index in [1.54, 1.807) is 0 Å². The molecule has 0 N–H and O–H groups in total. The maximum Gasteiger partial charge on any atom is 0.110 e. The normalized spacial score (nSPS) is 21.2. The van der Waals surface area contributed by atoms with Gasteiger partial charge >= 0.3 is 0 Å². The summed E-state index contributed by atoms with van der Waals surface area (Å²) in [6.45, 7) is 22.3. The number of ether oxygens (including phenoxy) is 1. The summed E-state index contributed by atoms with van der Waals surface area (Å²) in [5.41, 5.74) is 0. The van der Waals surface area contributed by atoms with Gasteiger partial charge in [0, 0.05) is 57.1 Å². The van der Waals surface area contributed by atoms with Crippen LogP contribution in [0, 0.1) is 5.92 Å². The topological polar surface area (TPSA) is 33.5 Å². The predicted molar refractivity (Wildman–Crippen MR) is 115 cm³/mol. The van der Waals surface area contributed by atoms with Crippen molar-refractivity contribution in [3.8, 4) is 0 Å². The van der Waals surface area contributed by atoms with E-state index in [0.717, 1.165) is 44.1 Å². The second kappa shape index (κ2) is 12.5. The average molecular weight is 381 g/mol. The van der Waals surface area contributed by atoms with Gasteiger partial charge in [0.15, 0.2) is 0 Å². The molecule has 0 spiro atoms. The van der Waals surface area contributed by atoms with E-state index in [2.05, 4.69) is 63.2 Å². The highest BCUT2D eigenvalue weighted by molar-refractivity contribution is 4.95. The summed E-state index contributed by atoms with van der Waals surface area (Å²) in [7, 11) is 2.02. The summed E-state index contributed by atoms with van der Waals surface area (Å²) < 4.78 is 7.25. The third-order valence-corrected chi connectivity index (χ3v) is 5.34. The van der Waals surface area contributed by atoms with Crippen LogP contribution in [0.5, 0.6) is 0 Å². The molecule has 5 heteroatoms. The smallest absolute Gasteiger partial charge is 0.110 e. The number of morpholine rings is 1. The van der Waals surface area contributed by atoms with Crippen molar-refractivity contribution in [3.05, 3.63) is 18.2 Å². The van der Waals surface area contributed by atoms with E-state index in [1.807, 2.05) is 24.0 Å². The maximum absolute atomic E-state index is 5.21. The second-order valence-electron chi connectivity index (χ2n) is 8.78. The van der Waals surface area contributed by atoms with Crippen LogP contribution in [-0.2, 0) is 11.8 Å². The molecule has 2 fully saturated rings. The highest BCUT2D eigenvalue weighted by atomic mass is 16.5. The number of aryl methyl sites for hydroxylation is 1. The number of aromatic nitrogens is 2. The molecule has 0 amide bonds. The van der Waals surface area contributed by atoms with Gasteiger partial charge in [0.2, 0.25) is 0 Å². The van der Waals surface area contributed by atoms with Crippen molar-refractivity contribution in [2.45, 2.75) is 72.9 Å². The second-order valence-corrected chi connectivity index (χ2v) is 8.78. The summed E-state index contributed by atoms with van der Waals surface area (Å²) in [5, 5.41) is 0. The Labute approximate surface area is 168 Å². The van der Waals surface area contributed by atoms with E-state index < -0.39 is 0 Å². The Kier molecular flexibility index (Phi) is 11.2. The Morgan fingerprint density at radius 2 is 1.56 bits per heavy atom. The van der Waals surface area contributed by atoms with Gasteiger partial charge in [0.1, 0.15) is 5.82 Å². The van der Waals surface area contributed by atoms with E-state index in [-0.39, 0.29) is 0 Å². The van der Waals surface area contributed by atoms with Crippen molar-refractivity contribution in [3.63, 3.8) is 0 Å². The van der Waals surface area contributed by atoms with Gasteiger partial charge in [-0.1, -0.05) is 20.8 Å². The third-order valence-electron chi connectivity index (χ3n) is 5.34. The Bertz CT molecular complexity index is 484. The number of imidazole rings is 1.